The summed E-state index contributed by atoms with van der Waals surface area (Å²) < 4.78 is 71.6. The minimum Gasteiger partial charge on any atom is -0.353 e. The summed E-state index contributed by atoms with van der Waals surface area (Å²) in [6.45, 7) is 0. The maximum absolute atomic E-state index is 14.9. The van der Waals surface area contributed by atoms with Crippen LogP contribution in [-0.2, 0) is 0 Å². The highest BCUT2D eigenvalue weighted by atomic mass is 19.2. The lowest BCUT2D eigenvalue weighted by molar-refractivity contribution is 0.376. The van der Waals surface area contributed by atoms with Gasteiger partial charge in [-0.05, 0) is 60.7 Å². The predicted molar refractivity (Wildman–Crippen MR) is 118 cm³/mol. The number of fused-ring (bicyclic) bond motifs is 6. The van der Waals surface area contributed by atoms with Crippen molar-refractivity contribution in [2.45, 2.75) is 0 Å². The number of allylic oxidation sites excluding steroid dienone is 8. The van der Waals surface area contributed by atoms with Crippen LogP contribution in [0.2, 0.25) is 0 Å². The van der Waals surface area contributed by atoms with Crippen molar-refractivity contribution in [3.8, 4) is 0 Å². The van der Waals surface area contributed by atoms with Gasteiger partial charge in [-0.25, -0.2) is 36.9 Å². The second-order valence-corrected chi connectivity index (χ2v) is 7.70. The first-order valence-electron chi connectivity index (χ1n) is 10.1. The molecule has 0 saturated carbocycles. The Morgan fingerprint density at radius 3 is 1.91 bits per heavy atom. The normalized spacial score (nSPS) is 18.0. The van der Waals surface area contributed by atoms with Gasteiger partial charge >= 0.3 is 0 Å². The SMILES string of the molecule is Fc1c(F)c(F)c(C2=C3C=CC(=N3)C=C3C=CC(=N3)C=C3C=CC(=N3)c3ccc2[nH]3)c(F)c1F. The van der Waals surface area contributed by atoms with Gasteiger partial charge in [0.15, 0.2) is 23.3 Å². The van der Waals surface area contributed by atoms with Crippen LogP contribution in [0.5, 0.6) is 0 Å². The zero-order valence-corrected chi connectivity index (χ0v) is 17.0. The molecule has 4 aliphatic heterocycles. The Morgan fingerprint density at radius 1 is 0.559 bits per heavy atom. The first kappa shape index (κ1) is 20.2. The lowest BCUT2D eigenvalue weighted by Gasteiger charge is -2.13. The Hall–Kier alpha value is -4.40. The van der Waals surface area contributed by atoms with Crippen LogP contribution in [-0.4, -0.2) is 22.1 Å². The van der Waals surface area contributed by atoms with Crippen LogP contribution in [0.25, 0.3) is 5.57 Å². The fourth-order valence-electron chi connectivity index (χ4n) is 3.98. The molecule has 4 aliphatic rings. The molecule has 0 amide bonds. The number of halogens is 5. The average Bonchev–Trinajstić information content (AvgIpc) is 3.62. The Kier molecular flexibility index (Phi) is 4.35. The zero-order valence-electron chi connectivity index (χ0n) is 17.0. The smallest absolute Gasteiger partial charge is 0.200 e. The number of aromatic amines is 1. The van der Waals surface area contributed by atoms with Crippen molar-refractivity contribution >= 4 is 22.7 Å². The van der Waals surface area contributed by atoms with E-state index in [2.05, 4.69) is 20.0 Å². The van der Waals surface area contributed by atoms with E-state index in [-0.39, 0.29) is 17.0 Å². The second-order valence-electron chi connectivity index (χ2n) is 7.70. The summed E-state index contributed by atoms with van der Waals surface area (Å²) in [6.07, 6.45) is 13.5. The molecule has 34 heavy (non-hydrogen) atoms. The summed E-state index contributed by atoms with van der Waals surface area (Å²) in [7, 11) is 0. The molecule has 4 nitrogen and oxygen atoms in total. The number of hydrogen-bond acceptors (Lipinski definition) is 3. The Labute approximate surface area is 189 Å². The van der Waals surface area contributed by atoms with Gasteiger partial charge in [0.1, 0.15) is 0 Å². The van der Waals surface area contributed by atoms with Crippen molar-refractivity contribution in [1.82, 2.24) is 4.98 Å². The fraction of sp³-hybridized carbons (Fsp3) is 0. The molecule has 0 atom stereocenters. The largest absolute Gasteiger partial charge is 0.353 e. The lowest BCUT2D eigenvalue weighted by Crippen LogP contribution is -2.08. The number of nitrogens with zero attached hydrogens (tertiary/aromatic N) is 3. The highest BCUT2D eigenvalue weighted by molar-refractivity contribution is 6.14. The van der Waals surface area contributed by atoms with Gasteiger partial charge in [0.05, 0.1) is 45.5 Å². The summed E-state index contributed by atoms with van der Waals surface area (Å²) in [6, 6.07) is 3.09. The van der Waals surface area contributed by atoms with E-state index in [4.69, 9.17) is 0 Å². The molecular formula is C25H11F5N4. The highest BCUT2D eigenvalue weighted by Crippen LogP contribution is 2.36. The molecule has 0 spiro atoms. The van der Waals surface area contributed by atoms with Crippen LogP contribution in [0, 0.1) is 29.1 Å². The summed E-state index contributed by atoms with van der Waals surface area (Å²) in [4.78, 5) is 16.3. The van der Waals surface area contributed by atoms with Crippen LogP contribution in [0.4, 0.5) is 22.0 Å². The summed E-state index contributed by atoms with van der Waals surface area (Å²) >= 11 is 0. The van der Waals surface area contributed by atoms with Crippen molar-refractivity contribution in [3.63, 3.8) is 0 Å². The van der Waals surface area contributed by atoms with Crippen molar-refractivity contribution < 1.29 is 22.0 Å². The van der Waals surface area contributed by atoms with Crippen LogP contribution in [0.15, 0.2) is 92.8 Å². The average molecular weight is 462 g/mol. The number of rotatable bonds is 1. The fourth-order valence-corrected chi connectivity index (χ4v) is 3.98. The number of benzene rings is 1. The number of hydrogen-bond donors (Lipinski definition) is 1. The molecular weight excluding hydrogens is 451 g/mol. The van der Waals surface area contributed by atoms with E-state index < -0.39 is 34.6 Å². The maximum atomic E-state index is 14.9. The Bertz CT molecular complexity index is 1560. The molecule has 6 rings (SSSR count). The third-order valence-electron chi connectivity index (χ3n) is 5.54. The first-order valence-corrected chi connectivity index (χ1v) is 10.1. The van der Waals surface area contributed by atoms with Gasteiger partial charge in [0, 0.05) is 11.3 Å². The quantitative estimate of drug-likeness (QED) is 0.325. The molecule has 1 N–H and O–H groups in total. The van der Waals surface area contributed by atoms with E-state index >= 15 is 0 Å². The number of nitrogens with one attached hydrogen (secondary N) is 1. The number of H-pyrrole nitrogens is 1. The minimum atomic E-state index is -2.23. The Morgan fingerprint density at radius 2 is 1.15 bits per heavy atom. The molecule has 0 radical (unpaired) electrons. The van der Waals surface area contributed by atoms with Gasteiger partial charge in [0.25, 0.3) is 0 Å². The van der Waals surface area contributed by atoms with Crippen LogP contribution in [0.1, 0.15) is 17.0 Å². The van der Waals surface area contributed by atoms with E-state index in [1.165, 1.54) is 12.1 Å². The van der Waals surface area contributed by atoms with E-state index in [0.29, 0.717) is 34.2 Å². The topological polar surface area (TPSA) is 52.9 Å². The molecule has 0 saturated heterocycles. The van der Waals surface area contributed by atoms with Gasteiger partial charge in [-0.1, -0.05) is 0 Å². The van der Waals surface area contributed by atoms with Gasteiger partial charge in [-0.2, -0.15) is 0 Å². The van der Waals surface area contributed by atoms with Crippen molar-refractivity contribution in [3.05, 3.63) is 124 Å². The van der Waals surface area contributed by atoms with Crippen molar-refractivity contribution in [1.29, 1.82) is 0 Å². The third kappa shape index (κ3) is 3.08. The van der Waals surface area contributed by atoms with Crippen molar-refractivity contribution in [2.24, 2.45) is 15.0 Å². The summed E-state index contributed by atoms with van der Waals surface area (Å²) in [5, 5.41) is 0. The first-order chi connectivity index (χ1) is 16.4. The van der Waals surface area contributed by atoms with E-state index in [1.807, 2.05) is 0 Å². The minimum absolute atomic E-state index is 0.0206. The number of aliphatic imine (C=N–C) groups is 3. The predicted octanol–water partition coefficient (Wildman–Crippen LogP) is 5.63. The van der Waals surface area contributed by atoms with E-state index in [0.717, 1.165) is 0 Å². The van der Waals surface area contributed by atoms with Gasteiger partial charge in [-0.15, -0.1) is 0 Å². The molecule has 0 fully saturated rings. The molecule has 1 aromatic heterocycles. The van der Waals surface area contributed by atoms with Gasteiger partial charge < -0.3 is 4.98 Å². The standard InChI is InChI=1S/C25H11F5N4/c26-21-20(22(27)24(29)25(30)23(21)28)19-17-6-4-14(33-17)10-12-2-1-11(31-12)9-13-3-5-15(32-13)16-7-8-18(19)34-16/h1-10,34H. The molecule has 166 valence electrons. The highest BCUT2D eigenvalue weighted by Gasteiger charge is 2.31. The summed E-state index contributed by atoms with van der Waals surface area (Å²) in [5.41, 5.74) is 2.10. The van der Waals surface area contributed by atoms with Crippen LogP contribution in [0.3, 0.4) is 0 Å². The molecule has 1 aromatic carbocycles. The molecule has 9 heteroatoms. The van der Waals surface area contributed by atoms with Crippen molar-refractivity contribution in [2.75, 3.05) is 0 Å². The zero-order chi connectivity index (χ0) is 23.6. The third-order valence-corrected chi connectivity index (χ3v) is 5.54. The van der Waals surface area contributed by atoms with Gasteiger partial charge in [-0.3, -0.25) is 0 Å². The second kappa shape index (κ2) is 7.31. The maximum Gasteiger partial charge on any atom is 0.200 e. The summed E-state index contributed by atoms with van der Waals surface area (Å²) in [5.74, 6) is -10.2. The monoisotopic (exact) mass is 462 g/mol. The Balaban J connectivity index is 1.66. The van der Waals surface area contributed by atoms with E-state index in [1.54, 1.807) is 48.6 Å². The number of aromatic nitrogens is 1. The van der Waals surface area contributed by atoms with Gasteiger partial charge in [0.2, 0.25) is 5.82 Å². The lowest BCUT2D eigenvalue weighted by atomic mass is 9.98. The van der Waals surface area contributed by atoms with E-state index in [9.17, 15) is 22.0 Å². The molecule has 2 aromatic rings. The molecule has 0 unspecified atom stereocenters. The van der Waals surface area contributed by atoms with Crippen LogP contribution < -0.4 is 0 Å². The van der Waals surface area contributed by atoms with Crippen LogP contribution >= 0.6 is 0 Å². The molecule has 8 bridgehead atoms. The molecule has 0 aliphatic carbocycles. The molecule has 5 heterocycles.